The zero-order chi connectivity index (χ0) is 32.4. The summed E-state index contributed by atoms with van der Waals surface area (Å²) in [7, 11) is 0. The Morgan fingerprint density at radius 1 is 1.04 bits per heavy atom. The Kier molecular flexibility index (Phi) is 10.1. The molecule has 0 fully saturated rings. The summed E-state index contributed by atoms with van der Waals surface area (Å²) >= 11 is 19.5. The molecule has 0 amide bonds. The molecule has 5 aromatic rings. The molecule has 0 N–H and O–H groups in total. The van der Waals surface area contributed by atoms with Crippen LogP contribution in [0.3, 0.4) is 0 Å². The lowest BCUT2D eigenvalue weighted by Gasteiger charge is -2.25. The van der Waals surface area contributed by atoms with Crippen molar-refractivity contribution in [2.24, 2.45) is 4.99 Å². The largest absolute Gasteiger partial charge is 0.487 e. The van der Waals surface area contributed by atoms with Crippen LogP contribution in [0, 0.1) is 3.57 Å². The number of hydrogen-bond donors (Lipinski definition) is 0. The van der Waals surface area contributed by atoms with Crippen LogP contribution in [0.2, 0.25) is 10.0 Å². The van der Waals surface area contributed by atoms with Gasteiger partial charge in [-0.15, -0.1) is 0 Å². The van der Waals surface area contributed by atoms with Crippen LogP contribution in [0.5, 0.6) is 5.75 Å². The standard InChI is InChI=1S/C35H24BrCl2IN2O4S/c1-2-44-34(43)29-30(20-9-5-3-6-10-20)40-35-41(31(29)21-11-7-4-8-12-21)33(42)28(46-35)16-23-15-24(36)17-27(39)32(23)45-19-22-13-14-25(37)18-26(22)38/h3-18,31H,2,19H2,1H3/b28-16-/t31-/m1/s1. The van der Waals surface area contributed by atoms with Crippen molar-refractivity contribution >= 4 is 90.8 Å². The lowest BCUT2D eigenvalue weighted by atomic mass is 9.93. The highest BCUT2D eigenvalue weighted by Crippen LogP contribution is 2.36. The van der Waals surface area contributed by atoms with Crippen molar-refractivity contribution < 1.29 is 14.3 Å². The fourth-order valence-electron chi connectivity index (χ4n) is 5.16. The summed E-state index contributed by atoms with van der Waals surface area (Å²) in [5, 5.41) is 1.04. The van der Waals surface area contributed by atoms with Crippen molar-refractivity contribution in [1.82, 2.24) is 4.57 Å². The average molecular weight is 846 g/mol. The van der Waals surface area contributed by atoms with Crippen molar-refractivity contribution in [2.75, 3.05) is 6.61 Å². The second-order valence-electron chi connectivity index (χ2n) is 10.2. The molecule has 1 atom stereocenters. The van der Waals surface area contributed by atoms with Gasteiger partial charge in [0, 0.05) is 31.2 Å². The highest BCUT2D eigenvalue weighted by molar-refractivity contribution is 14.1. The Labute approximate surface area is 300 Å². The minimum atomic E-state index is -0.751. The highest BCUT2D eigenvalue weighted by Gasteiger charge is 2.35. The summed E-state index contributed by atoms with van der Waals surface area (Å²) in [6.45, 7) is 2.14. The number of hydrogen-bond acceptors (Lipinski definition) is 6. The predicted octanol–water partition coefficient (Wildman–Crippen LogP) is 8.19. The molecule has 0 saturated heterocycles. The van der Waals surface area contributed by atoms with Gasteiger partial charge in [0.1, 0.15) is 12.4 Å². The number of carbonyl (C=O) groups is 1. The predicted molar refractivity (Wildman–Crippen MR) is 195 cm³/mol. The highest BCUT2D eigenvalue weighted by atomic mass is 127. The van der Waals surface area contributed by atoms with E-state index in [-0.39, 0.29) is 18.8 Å². The number of thiazole rings is 1. The first kappa shape index (κ1) is 32.7. The molecule has 0 aliphatic carbocycles. The van der Waals surface area contributed by atoms with Gasteiger partial charge in [0.15, 0.2) is 4.80 Å². The molecule has 0 unspecified atom stereocenters. The van der Waals surface area contributed by atoms with Gasteiger partial charge in [-0.2, -0.15) is 0 Å². The van der Waals surface area contributed by atoms with Crippen LogP contribution >= 0.6 is 73.1 Å². The van der Waals surface area contributed by atoms with Crippen molar-refractivity contribution in [3.8, 4) is 5.75 Å². The molecule has 1 aliphatic rings. The van der Waals surface area contributed by atoms with Gasteiger partial charge in [-0.1, -0.05) is 117 Å². The molecule has 0 spiro atoms. The minimum absolute atomic E-state index is 0.182. The second kappa shape index (κ2) is 14.3. The van der Waals surface area contributed by atoms with Crippen LogP contribution < -0.4 is 19.6 Å². The van der Waals surface area contributed by atoms with Crippen LogP contribution in [-0.2, 0) is 16.1 Å². The first-order valence-corrected chi connectivity index (χ1v) is 17.6. The van der Waals surface area contributed by atoms with Gasteiger partial charge >= 0.3 is 5.97 Å². The number of nitrogens with zero attached hydrogens (tertiary/aromatic N) is 2. The third kappa shape index (κ3) is 6.75. The summed E-state index contributed by atoms with van der Waals surface area (Å²) in [6.07, 6.45) is 1.80. The average Bonchev–Trinajstić information content (AvgIpc) is 3.35. The summed E-state index contributed by atoms with van der Waals surface area (Å²) < 4.78 is 15.5. The van der Waals surface area contributed by atoms with Gasteiger partial charge < -0.3 is 9.47 Å². The topological polar surface area (TPSA) is 69.9 Å². The van der Waals surface area contributed by atoms with E-state index in [9.17, 15) is 9.59 Å². The second-order valence-corrected chi connectivity index (χ2v) is 14.1. The lowest BCUT2D eigenvalue weighted by Crippen LogP contribution is -2.40. The Morgan fingerprint density at radius 3 is 2.46 bits per heavy atom. The molecular formula is C35H24BrCl2IN2O4S. The van der Waals surface area contributed by atoms with Crippen LogP contribution in [0.15, 0.2) is 111 Å². The molecule has 1 aliphatic heterocycles. The first-order chi connectivity index (χ1) is 22.2. The summed E-state index contributed by atoms with van der Waals surface area (Å²) in [5.74, 6) is 0.0729. The molecule has 6 rings (SSSR count). The van der Waals surface area contributed by atoms with E-state index in [2.05, 4.69) is 38.5 Å². The zero-order valence-electron chi connectivity index (χ0n) is 24.2. The third-order valence-electron chi connectivity index (χ3n) is 7.20. The lowest BCUT2D eigenvalue weighted by molar-refractivity contribution is -0.138. The van der Waals surface area contributed by atoms with Crippen molar-refractivity contribution in [1.29, 1.82) is 0 Å². The van der Waals surface area contributed by atoms with Gasteiger partial charge in [0.2, 0.25) is 0 Å². The molecule has 4 aromatic carbocycles. The Bertz CT molecular complexity index is 2170. The number of benzene rings is 4. The fourth-order valence-corrected chi connectivity index (χ4v) is 8.32. The van der Waals surface area contributed by atoms with Gasteiger partial charge in [0.05, 0.1) is 32.0 Å². The maximum Gasteiger partial charge on any atom is 0.338 e. The van der Waals surface area contributed by atoms with Gasteiger partial charge in [-0.05, 0) is 65.4 Å². The molecule has 0 bridgehead atoms. The molecule has 46 heavy (non-hydrogen) atoms. The molecule has 232 valence electrons. The SMILES string of the molecule is CCOC(=O)C1=C(c2ccccc2)N=c2s/c(=C\c3cc(Br)cc(I)c3OCc3ccc(Cl)cc3Cl)c(=O)n2[C@@H]1c1ccccc1. The quantitative estimate of drug-likeness (QED) is 0.117. The van der Waals surface area contributed by atoms with Crippen molar-refractivity contribution in [3.05, 3.63) is 157 Å². The van der Waals surface area contributed by atoms with E-state index in [1.165, 1.54) is 11.3 Å². The monoisotopic (exact) mass is 844 g/mol. The van der Waals surface area contributed by atoms with Crippen molar-refractivity contribution in [3.63, 3.8) is 0 Å². The molecule has 1 aromatic heterocycles. The Morgan fingerprint density at radius 2 is 1.76 bits per heavy atom. The van der Waals surface area contributed by atoms with Gasteiger partial charge in [0.25, 0.3) is 5.56 Å². The summed E-state index contributed by atoms with van der Waals surface area (Å²) in [6, 6.07) is 27.3. The summed E-state index contributed by atoms with van der Waals surface area (Å²) in [5.41, 5.74) is 3.48. The Balaban J connectivity index is 1.54. The smallest absolute Gasteiger partial charge is 0.338 e. The molecule has 0 saturated carbocycles. The van der Waals surface area contributed by atoms with E-state index >= 15 is 0 Å². The van der Waals surface area contributed by atoms with E-state index in [0.29, 0.717) is 42.0 Å². The zero-order valence-corrected chi connectivity index (χ0v) is 30.2. The van der Waals surface area contributed by atoms with E-state index in [1.54, 1.807) is 29.7 Å². The van der Waals surface area contributed by atoms with E-state index in [0.717, 1.165) is 24.7 Å². The van der Waals surface area contributed by atoms with E-state index < -0.39 is 12.0 Å². The first-order valence-electron chi connectivity index (χ1n) is 14.1. The van der Waals surface area contributed by atoms with E-state index in [1.807, 2.05) is 78.9 Å². The normalized spacial score (nSPS) is 14.5. The number of esters is 1. The molecule has 6 nitrogen and oxygen atoms in total. The fraction of sp³-hybridized carbons (Fsp3) is 0.114. The number of carbonyl (C=O) groups excluding carboxylic acids is 1. The van der Waals surface area contributed by atoms with Crippen LogP contribution in [-0.4, -0.2) is 17.1 Å². The van der Waals surface area contributed by atoms with Crippen LogP contribution in [0.4, 0.5) is 0 Å². The van der Waals surface area contributed by atoms with Crippen molar-refractivity contribution in [2.45, 2.75) is 19.6 Å². The number of rotatable bonds is 8. The number of aromatic nitrogens is 1. The number of ether oxygens (including phenoxy) is 2. The minimum Gasteiger partial charge on any atom is -0.487 e. The van der Waals surface area contributed by atoms with E-state index in [4.69, 9.17) is 37.7 Å². The Hall–Kier alpha value is -3.22. The maximum atomic E-state index is 14.3. The molecular weight excluding hydrogens is 822 g/mol. The number of halogens is 4. The number of fused-ring (bicyclic) bond motifs is 1. The van der Waals surface area contributed by atoms with Crippen LogP contribution in [0.1, 0.15) is 35.2 Å². The third-order valence-corrected chi connectivity index (χ3v) is 10.0. The molecule has 2 heterocycles. The molecule has 0 radical (unpaired) electrons. The molecule has 11 heteroatoms. The van der Waals surface area contributed by atoms with Gasteiger partial charge in [-0.3, -0.25) is 9.36 Å². The van der Waals surface area contributed by atoms with Crippen LogP contribution in [0.25, 0.3) is 11.8 Å². The summed E-state index contributed by atoms with van der Waals surface area (Å²) in [4.78, 5) is 33.4. The van der Waals surface area contributed by atoms with Gasteiger partial charge in [-0.25, -0.2) is 9.79 Å². The maximum absolute atomic E-state index is 14.3.